The van der Waals surface area contributed by atoms with E-state index < -0.39 is 0 Å². The van der Waals surface area contributed by atoms with E-state index in [4.69, 9.17) is 22.4 Å². The van der Waals surface area contributed by atoms with Crippen LogP contribution in [-0.2, 0) is 6.54 Å². The summed E-state index contributed by atoms with van der Waals surface area (Å²) in [6.07, 6.45) is 1.58. The summed E-state index contributed by atoms with van der Waals surface area (Å²) in [5, 5.41) is 13.1. The number of nitrogens with two attached hydrogens (primary N) is 1. The van der Waals surface area contributed by atoms with E-state index in [1.165, 1.54) is 4.68 Å². The van der Waals surface area contributed by atoms with Crippen molar-refractivity contribution in [1.29, 1.82) is 0 Å². The summed E-state index contributed by atoms with van der Waals surface area (Å²) >= 11 is 6.18. The molecule has 1 saturated heterocycles. The molecule has 20 heavy (non-hydrogen) atoms. The van der Waals surface area contributed by atoms with Crippen molar-refractivity contribution in [3.8, 4) is 0 Å². The molecule has 0 aromatic carbocycles. The Bertz CT molecular complexity index is 521. The number of rotatable bonds is 4. The molecular formula is C12H20ClN5O2. The summed E-state index contributed by atoms with van der Waals surface area (Å²) in [5.74, 6) is 0. The van der Waals surface area contributed by atoms with Crippen molar-refractivity contribution in [1.82, 2.24) is 14.7 Å². The second-order valence-corrected chi connectivity index (χ2v) is 5.32. The standard InChI is InChI=1S/C12H20ClN5O2/c1-16-2-3-17(9(6-14)8-16)10-7-15-18(4-5-19)12(20)11(10)13/h7,9,19H,2-6,8,14H2,1H3. The van der Waals surface area contributed by atoms with Gasteiger partial charge in [0, 0.05) is 26.2 Å². The summed E-state index contributed by atoms with van der Waals surface area (Å²) in [6, 6.07) is 0.112. The number of hydrogen-bond acceptors (Lipinski definition) is 6. The topological polar surface area (TPSA) is 87.6 Å². The number of nitrogens with zero attached hydrogens (tertiary/aromatic N) is 4. The minimum absolute atomic E-state index is 0.112. The lowest BCUT2D eigenvalue weighted by Crippen LogP contribution is -2.55. The Morgan fingerprint density at radius 2 is 2.30 bits per heavy atom. The number of hydrogen-bond donors (Lipinski definition) is 2. The van der Waals surface area contributed by atoms with Crippen LogP contribution in [0.15, 0.2) is 11.0 Å². The predicted octanol–water partition coefficient (Wildman–Crippen LogP) is -1.03. The maximum absolute atomic E-state index is 12.1. The molecule has 0 bridgehead atoms. The third-order valence-electron chi connectivity index (χ3n) is 3.55. The Morgan fingerprint density at radius 1 is 1.55 bits per heavy atom. The molecule has 112 valence electrons. The second-order valence-electron chi connectivity index (χ2n) is 4.94. The fraction of sp³-hybridized carbons (Fsp3) is 0.667. The van der Waals surface area contributed by atoms with Crippen LogP contribution in [0.5, 0.6) is 0 Å². The Kier molecular flexibility index (Phi) is 4.98. The normalized spacial score (nSPS) is 20.4. The van der Waals surface area contributed by atoms with E-state index in [0.29, 0.717) is 12.2 Å². The van der Waals surface area contributed by atoms with Crippen LogP contribution in [0, 0.1) is 0 Å². The lowest BCUT2D eigenvalue weighted by Gasteiger charge is -2.41. The molecule has 1 aliphatic rings. The van der Waals surface area contributed by atoms with Gasteiger partial charge in [-0.15, -0.1) is 0 Å². The number of likely N-dealkylation sites (N-methyl/N-ethyl adjacent to an activating group) is 1. The predicted molar refractivity (Wildman–Crippen MR) is 78.3 cm³/mol. The molecular weight excluding hydrogens is 282 g/mol. The van der Waals surface area contributed by atoms with Crippen molar-refractivity contribution in [2.75, 3.05) is 44.7 Å². The maximum atomic E-state index is 12.1. The number of aliphatic hydroxyl groups is 1. The third-order valence-corrected chi connectivity index (χ3v) is 3.90. The van der Waals surface area contributed by atoms with Crippen LogP contribution in [0.3, 0.4) is 0 Å². The Hall–Kier alpha value is -1.15. The molecule has 8 heteroatoms. The molecule has 2 heterocycles. The van der Waals surface area contributed by atoms with Crippen LogP contribution >= 0.6 is 11.6 Å². The van der Waals surface area contributed by atoms with Gasteiger partial charge < -0.3 is 20.6 Å². The van der Waals surface area contributed by atoms with E-state index in [1.807, 2.05) is 11.9 Å². The first-order valence-electron chi connectivity index (χ1n) is 6.60. The Labute approximate surface area is 122 Å². The summed E-state index contributed by atoms with van der Waals surface area (Å²) in [7, 11) is 2.04. The summed E-state index contributed by atoms with van der Waals surface area (Å²) in [5.41, 5.74) is 6.05. The van der Waals surface area contributed by atoms with Gasteiger partial charge in [0.25, 0.3) is 5.56 Å². The summed E-state index contributed by atoms with van der Waals surface area (Å²) < 4.78 is 1.17. The fourth-order valence-corrected chi connectivity index (χ4v) is 2.70. The number of piperazine rings is 1. The van der Waals surface area contributed by atoms with Gasteiger partial charge in [-0.05, 0) is 7.05 Å². The molecule has 2 rings (SSSR count). The van der Waals surface area contributed by atoms with Crippen LogP contribution in [0.1, 0.15) is 0 Å². The number of aromatic nitrogens is 2. The van der Waals surface area contributed by atoms with Crippen molar-refractivity contribution < 1.29 is 5.11 Å². The summed E-state index contributed by atoms with van der Waals surface area (Å²) in [6.45, 7) is 2.94. The van der Waals surface area contributed by atoms with Crippen LogP contribution in [-0.4, -0.2) is 65.7 Å². The van der Waals surface area contributed by atoms with E-state index in [-0.39, 0.29) is 29.8 Å². The Morgan fingerprint density at radius 3 is 2.95 bits per heavy atom. The van der Waals surface area contributed by atoms with E-state index >= 15 is 0 Å². The van der Waals surface area contributed by atoms with E-state index in [1.54, 1.807) is 6.20 Å². The molecule has 0 spiro atoms. The number of anilines is 1. The number of aliphatic hydroxyl groups excluding tert-OH is 1. The molecule has 1 aromatic heterocycles. The molecule has 0 amide bonds. The maximum Gasteiger partial charge on any atom is 0.287 e. The highest BCUT2D eigenvalue weighted by molar-refractivity contribution is 6.33. The first-order valence-corrected chi connectivity index (χ1v) is 6.98. The zero-order valence-electron chi connectivity index (χ0n) is 11.5. The molecule has 3 N–H and O–H groups in total. The molecule has 1 fully saturated rings. The van der Waals surface area contributed by atoms with Gasteiger partial charge in [-0.3, -0.25) is 4.79 Å². The van der Waals surface area contributed by atoms with Gasteiger partial charge in [0.05, 0.1) is 31.1 Å². The summed E-state index contributed by atoms with van der Waals surface area (Å²) in [4.78, 5) is 16.3. The minimum Gasteiger partial charge on any atom is -0.394 e. The number of halogens is 1. The Balaban J connectivity index is 2.32. The molecule has 0 aliphatic carbocycles. The largest absolute Gasteiger partial charge is 0.394 e. The molecule has 7 nitrogen and oxygen atoms in total. The first kappa shape index (κ1) is 15.2. The van der Waals surface area contributed by atoms with Gasteiger partial charge in [-0.2, -0.15) is 5.10 Å². The zero-order valence-corrected chi connectivity index (χ0v) is 12.3. The van der Waals surface area contributed by atoms with E-state index in [0.717, 1.165) is 19.6 Å². The van der Waals surface area contributed by atoms with Crippen molar-refractivity contribution in [3.63, 3.8) is 0 Å². The molecule has 1 unspecified atom stereocenters. The second kappa shape index (κ2) is 6.53. The van der Waals surface area contributed by atoms with Crippen LogP contribution < -0.4 is 16.2 Å². The quantitative estimate of drug-likeness (QED) is 0.739. The lowest BCUT2D eigenvalue weighted by molar-refractivity contribution is 0.264. The third kappa shape index (κ3) is 2.95. The van der Waals surface area contributed by atoms with Crippen molar-refractivity contribution in [3.05, 3.63) is 21.6 Å². The van der Waals surface area contributed by atoms with Crippen LogP contribution in [0.25, 0.3) is 0 Å². The van der Waals surface area contributed by atoms with Gasteiger partial charge in [0.1, 0.15) is 5.02 Å². The van der Waals surface area contributed by atoms with Crippen LogP contribution in [0.4, 0.5) is 5.69 Å². The van der Waals surface area contributed by atoms with Crippen molar-refractivity contribution in [2.45, 2.75) is 12.6 Å². The molecule has 1 aliphatic heterocycles. The molecule has 1 atom stereocenters. The van der Waals surface area contributed by atoms with E-state index in [2.05, 4.69) is 10.00 Å². The van der Waals surface area contributed by atoms with Gasteiger partial charge in [-0.25, -0.2) is 4.68 Å². The van der Waals surface area contributed by atoms with Crippen LogP contribution in [0.2, 0.25) is 5.02 Å². The SMILES string of the molecule is CN1CCN(c2cnn(CCO)c(=O)c2Cl)C(CN)C1. The van der Waals surface area contributed by atoms with Gasteiger partial charge >= 0.3 is 0 Å². The minimum atomic E-state index is -0.382. The van der Waals surface area contributed by atoms with Gasteiger partial charge in [0.15, 0.2) is 0 Å². The average Bonchev–Trinajstić information content (AvgIpc) is 2.45. The van der Waals surface area contributed by atoms with E-state index in [9.17, 15) is 4.79 Å². The highest BCUT2D eigenvalue weighted by Gasteiger charge is 2.27. The van der Waals surface area contributed by atoms with Crippen molar-refractivity contribution in [2.24, 2.45) is 5.73 Å². The van der Waals surface area contributed by atoms with Gasteiger partial charge in [0.2, 0.25) is 0 Å². The molecule has 0 saturated carbocycles. The highest BCUT2D eigenvalue weighted by atomic mass is 35.5. The monoisotopic (exact) mass is 301 g/mol. The highest BCUT2D eigenvalue weighted by Crippen LogP contribution is 2.24. The molecule has 1 aromatic rings. The zero-order chi connectivity index (χ0) is 14.7. The first-order chi connectivity index (χ1) is 9.58. The smallest absolute Gasteiger partial charge is 0.287 e. The van der Waals surface area contributed by atoms with Crippen molar-refractivity contribution >= 4 is 17.3 Å². The van der Waals surface area contributed by atoms with Gasteiger partial charge in [-0.1, -0.05) is 11.6 Å². The average molecular weight is 302 g/mol. The fourth-order valence-electron chi connectivity index (χ4n) is 2.44. The lowest BCUT2D eigenvalue weighted by atomic mass is 10.1. The molecule has 0 radical (unpaired) electrons.